The molecule has 2 rings (SSSR count). The number of nitrogens with one attached hydrogen (secondary N) is 1. The van der Waals surface area contributed by atoms with Crippen LogP contribution in [-0.4, -0.2) is 6.04 Å². The fourth-order valence-corrected chi connectivity index (χ4v) is 2.10. The molecule has 2 nitrogen and oxygen atoms in total. The van der Waals surface area contributed by atoms with E-state index in [1.807, 2.05) is 6.07 Å². The molecule has 0 atom stereocenters. The molecule has 0 spiro atoms. The molecule has 1 aromatic carbocycles. The first-order chi connectivity index (χ1) is 7.69. The number of hydrogen-bond acceptors (Lipinski definition) is 2. The van der Waals surface area contributed by atoms with E-state index in [4.69, 9.17) is 5.26 Å². The van der Waals surface area contributed by atoms with Crippen LogP contribution in [0.15, 0.2) is 18.2 Å². The average Bonchev–Trinajstić information content (AvgIpc) is 2.24. The summed E-state index contributed by atoms with van der Waals surface area (Å²) in [7, 11) is 0. The first-order valence-electron chi connectivity index (χ1n) is 5.61. The van der Waals surface area contributed by atoms with E-state index >= 15 is 0 Å². The van der Waals surface area contributed by atoms with Gasteiger partial charge in [0.1, 0.15) is 11.9 Å². The SMILES string of the molecule is CC1CC(NCc2ccc(F)c(C#N)c2)C1. The minimum absolute atomic E-state index is 0.126. The Balaban J connectivity index is 1.92. The van der Waals surface area contributed by atoms with Gasteiger partial charge in [0.05, 0.1) is 5.56 Å². The predicted molar refractivity (Wildman–Crippen MR) is 60.1 cm³/mol. The van der Waals surface area contributed by atoms with E-state index in [-0.39, 0.29) is 5.56 Å². The van der Waals surface area contributed by atoms with Crippen molar-refractivity contribution in [1.29, 1.82) is 5.26 Å². The van der Waals surface area contributed by atoms with E-state index in [1.165, 1.54) is 18.9 Å². The zero-order valence-electron chi connectivity index (χ0n) is 9.33. The standard InChI is InChI=1S/C13H15FN2/c1-9-4-12(5-9)16-8-10-2-3-13(14)11(6-10)7-15/h2-3,6,9,12,16H,4-5,8H2,1H3. The van der Waals surface area contributed by atoms with Gasteiger partial charge in [-0.15, -0.1) is 0 Å². The molecule has 0 saturated heterocycles. The summed E-state index contributed by atoms with van der Waals surface area (Å²) < 4.78 is 13.1. The van der Waals surface area contributed by atoms with Crippen LogP contribution in [0.3, 0.4) is 0 Å². The molecule has 0 aromatic heterocycles. The minimum Gasteiger partial charge on any atom is -0.310 e. The first kappa shape index (κ1) is 11.1. The van der Waals surface area contributed by atoms with E-state index in [0.717, 1.165) is 11.5 Å². The predicted octanol–water partition coefficient (Wildman–Crippen LogP) is 2.59. The summed E-state index contributed by atoms with van der Waals surface area (Å²) in [5, 5.41) is 12.1. The monoisotopic (exact) mass is 218 g/mol. The third kappa shape index (κ3) is 2.40. The lowest BCUT2D eigenvalue weighted by Gasteiger charge is -2.33. The summed E-state index contributed by atoms with van der Waals surface area (Å²) in [4.78, 5) is 0. The Bertz CT molecular complexity index is 416. The van der Waals surface area contributed by atoms with Crippen molar-refractivity contribution in [1.82, 2.24) is 5.32 Å². The normalized spacial score (nSPS) is 23.6. The molecule has 0 aliphatic heterocycles. The van der Waals surface area contributed by atoms with Crippen LogP contribution in [0.4, 0.5) is 4.39 Å². The molecule has 1 saturated carbocycles. The van der Waals surface area contributed by atoms with E-state index in [0.29, 0.717) is 12.6 Å². The fraction of sp³-hybridized carbons (Fsp3) is 0.462. The van der Waals surface area contributed by atoms with Crippen molar-refractivity contribution in [3.8, 4) is 6.07 Å². The molecule has 1 fully saturated rings. The van der Waals surface area contributed by atoms with Gasteiger partial charge >= 0.3 is 0 Å². The van der Waals surface area contributed by atoms with Crippen molar-refractivity contribution in [2.45, 2.75) is 32.4 Å². The number of nitriles is 1. The molecule has 1 aromatic rings. The third-order valence-corrected chi connectivity index (χ3v) is 3.12. The van der Waals surface area contributed by atoms with E-state index in [9.17, 15) is 4.39 Å². The van der Waals surface area contributed by atoms with E-state index in [2.05, 4.69) is 12.2 Å². The van der Waals surface area contributed by atoms with Crippen LogP contribution in [0.5, 0.6) is 0 Å². The van der Waals surface area contributed by atoms with Gasteiger partial charge < -0.3 is 5.32 Å². The van der Waals surface area contributed by atoms with Crippen molar-refractivity contribution in [2.24, 2.45) is 5.92 Å². The Labute approximate surface area is 95.1 Å². The van der Waals surface area contributed by atoms with Gasteiger partial charge in [-0.25, -0.2) is 4.39 Å². The van der Waals surface area contributed by atoms with Gasteiger partial charge in [0.15, 0.2) is 0 Å². The Morgan fingerprint density at radius 3 is 2.88 bits per heavy atom. The van der Waals surface area contributed by atoms with Gasteiger partial charge in [0, 0.05) is 12.6 Å². The molecule has 1 aliphatic rings. The van der Waals surface area contributed by atoms with Gasteiger partial charge in [0.2, 0.25) is 0 Å². The molecule has 0 heterocycles. The number of hydrogen-bond donors (Lipinski definition) is 1. The zero-order chi connectivity index (χ0) is 11.5. The third-order valence-electron chi connectivity index (χ3n) is 3.12. The summed E-state index contributed by atoms with van der Waals surface area (Å²) >= 11 is 0. The van der Waals surface area contributed by atoms with Crippen LogP contribution in [0, 0.1) is 23.1 Å². The lowest BCUT2D eigenvalue weighted by atomic mass is 9.82. The molecule has 1 N–H and O–H groups in total. The Hall–Kier alpha value is -1.40. The molecular weight excluding hydrogens is 203 g/mol. The summed E-state index contributed by atoms with van der Waals surface area (Å²) in [6, 6.07) is 7.15. The second-order valence-corrected chi connectivity index (χ2v) is 4.58. The molecule has 0 amide bonds. The number of benzene rings is 1. The van der Waals surface area contributed by atoms with Crippen LogP contribution in [0.1, 0.15) is 30.9 Å². The van der Waals surface area contributed by atoms with Gasteiger partial charge in [-0.05, 0) is 36.5 Å². The minimum atomic E-state index is -0.441. The average molecular weight is 218 g/mol. The van der Waals surface area contributed by atoms with Gasteiger partial charge in [-0.1, -0.05) is 13.0 Å². The molecule has 16 heavy (non-hydrogen) atoms. The van der Waals surface area contributed by atoms with E-state index < -0.39 is 5.82 Å². The highest BCUT2D eigenvalue weighted by Crippen LogP contribution is 2.26. The Morgan fingerprint density at radius 1 is 1.50 bits per heavy atom. The Kier molecular flexibility index (Phi) is 3.21. The number of rotatable bonds is 3. The summed E-state index contributed by atoms with van der Waals surface area (Å²) in [5.41, 5.74) is 1.10. The largest absolute Gasteiger partial charge is 0.310 e. The van der Waals surface area contributed by atoms with Crippen LogP contribution < -0.4 is 5.32 Å². The van der Waals surface area contributed by atoms with Crippen LogP contribution >= 0.6 is 0 Å². The quantitative estimate of drug-likeness (QED) is 0.846. The number of nitrogens with zero attached hydrogens (tertiary/aromatic N) is 1. The molecule has 0 bridgehead atoms. The fourth-order valence-electron chi connectivity index (χ4n) is 2.10. The zero-order valence-corrected chi connectivity index (χ0v) is 9.33. The number of halogens is 1. The topological polar surface area (TPSA) is 35.8 Å². The van der Waals surface area contributed by atoms with Gasteiger partial charge in [-0.2, -0.15) is 5.26 Å². The lowest BCUT2D eigenvalue weighted by Crippen LogP contribution is -2.39. The molecule has 1 aliphatic carbocycles. The maximum atomic E-state index is 13.1. The summed E-state index contributed by atoms with van der Waals surface area (Å²) in [6.45, 7) is 2.95. The smallest absolute Gasteiger partial charge is 0.140 e. The molecule has 84 valence electrons. The second kappa shape index (κ2) is 4.63. The lowest BCUT2D eigenvalue weighted by molar-refractivity contribution is 0.240. The second-order valence-electron chi connectivity index (χ2n) is 4.58. The molecule has 0 radical (unpaired) electrons. The summed E-state index contributed by atoms with van der Waals surface area (Å²) in [6.07, 6.45) is 2.43. The molecule has 0 unspecified atom stereocenters. The maximum absolute atomic E-state index is 13.1. The molecular formula is C13H15FN2. The van der Waals surface area contributed by atoms with Crippen LogP contribution in [-0.2, 0) is 6.54 Å². The first-order valence-corrected chi connectivity index (χ1v) is 5.61. The molecule has 3 heteroatoms. The van der Waals surface area contributed by atoms with Crippen molar-refractivity contribution in [3.05, 3.63) is 35.1 Å². The summed E-state index contributed by atoms with van der Waals surface area (Å²) in [5.74, 6) is 0.379. The highest BCUT2D eigenvalue weighted by Gasteiger charge is 2.24. The van der Waals surface area contributed by atoms with Crippen molar-refractivity contribution >= 4 is 0 Å². The highest BCUT2D eigenvalue weighted by atomic mass is 19.1. The van der Waals surface area contributed by atoms with Crippen LogP contribution in [0.2, 0.25) is 0 Å². The maximum Gasteiger partial charge on any atom is 0.140 e. The van der Waals surface area contributed by atoms with Gasteiger partial charge in [-0.3, -0.25) is 0 Å². The van der Waals surface area contributed by atoms with Crippen molar-refractivity contribution < 1.29 is 4.39 Å². The van der Waals surface area contributed by atoms with Crippen LogP contribution in [0.25, 0.3) is 0 Å². The van der Waals surface area contributed by atoms with Crippen molar-refractivity contribution in [3.63, 3.8) is 0 Å². The van der Waals surface area contributed by atoms with Crippen molar-refractivity contribution in [2.75, 3.05) is 0 Å². The Morgan fingerprint density at radius 2 is 2.25 bits per heavy atom. The van der Waals surface area contributed by atoms with Gasteiger partial charge in [0.25, 0.3) is 0 Å². The highest BCUT2D eigenvalue weighted by molar-refractivity contribution is 5.34. The van der Waals surface area contributed by atoms with E-state index in [1.54, 1.807) is 12.1 Å².